The van der Waals surface area contributed by atoms with Gasteiger partial charge in [0.25, 0.3) is 0 Å². The Labute approximate surface area is 111 Å². The highest BCUT2D eigenvalue weighted by molar-refractivity contribution is 5.83. The Morgan fingerprint density at radius 1 is 1.39 bits per heavy atom. The van der Waals surface area contributed by atoms with Crippen LogP contribution in [0.3, 0.4) is 0 Å². The van der Waals surface area contributed by atoms with Gasteiger partial charge >= 0.3 is 0 Å². The second-order valence-corrected chi connectivity index (χ2v) is 6.40. The fourth-order valence-electron chi connectivity index (χ4n) is 2.58. The molecule has 4 heteroatoms. The second-order valence-electron chi connectivity index (χ2n) is 6.40. The lowest BCUT2D eigenvalue weighted by molar-refractivity contribution is -0.131. The van der Waals surface area contributed by atoms with Crippen molar-refractivity contribution < 1.29 is 9.53 Å². The summed E-state index contributed by atoms with van der Waals surface area (Å²) in [5.74, 6) is 1.65. The van der Waals surface area contributed by atoms with Crippen molar-refractivity contribution in [1.29, 1.82) is 0 Å². The van der Waals surface area contributed by atoms with E-state index in [1.54, 1.807) is 0 Å². The van der Waals surface area contributed by atoms with E-state index in [0.29, 0.717) is 31.0 Å². The van der Waals surface area contributed by atoms with Crippen LogP contribution < -0.4 is 11.1 Å². The minimum Gasteiger partial charge on any atom is -0.379 e. The maximum absolute atomic E-state index is 12.3. The fraction of sp³-hybridized carbons (Fsp3) is 0.929. The molecule has 0 aromatic carbocycles. The molecule has 3 N–H and O–H groups in total. The lowest BCUT2D eigenvalue weighted by Crippen LogP contribution is -2.51. The molecule has 0 bridgehead atoms. The van der Waals surface area contributed by atoms with E-state index in [9.17, 15) is 4.79 Å². The van der Waals surface area contributed by atoms with Crippen LogP contribution in [-0.4, -0.2) is 31.7 Å². The molecule has 1 fully saturated rings. The van der Waals surface area contributed by atoms with Gasteiger partial charge in [-0.15, -0.1) is 0 Å². The summed E-state index contributed by atoms with van der Waals surface area (Å²) in [7, 11) is 0. The second kappa shape index (κ2) is 6.02. The Hall–Kier alpha value is -0.610. The van der Waals surface area contributed by atoms with Crippen LogP contribution in [0.4, 0.5) is 0 Å². The summed E-state index contributed by atoms with van der Waals surface area (Å²) in [5.41, 5.74) is 5.38. The molecule has 0 aromatic heterocycles. The molecule has 2 atom stereocenters. The molecule has 2 unspecified atom stereocenters. The van der Waals surface area contributed by atoms with Gasteiger partial charge in [0.2, 0.25) is 5.91 Å². The standard InChI is InChI=1S/C14H28N2O2/c1-9(2)11(10(3)4)6-16-13(17)14(5)8-18-7-12(14)15/h9-12H,6-8,15H2,1-5H3,(H,16,17). The quantitative estimate of drug-likeness (QED) is 0.781. The lowest BCUT2D eigenvalue weighted by atomic mass is 9.83. The van der Waals surface area contributed by atoms with Crippen LogP contribution >= 0.6 is 0 Å². The largest absolute Gasteiger partial charge is 0.379 e. The first-order chi connectivity index (χ1) is 8.29. The van der Waals surface area contributed by atoms with Gasteiger partial charge in [0, 0.05) is 12.6 Å². The van der Waals surface area contributed by atoms with Crippen molar-refractivity contribution in [2.24, 2.45) is 28.9 Å². The van der Waals surface area contributed by atoms with E-state index in [1.807, 2.05) is 6.92 Å². The van der Waals surface area contributed by atoms with Gasteiger partial charge in [0.1, 0.15) is 0 Å². The predicted octanol–water partition coefficient (Wildman–Crippen LogP) is 1.39. The first-order valence-electron chi connectivity index (χ1n) is 6.90. The molecule has 18 heavy (non-hydrogen) atoms. The van der Waals surface area contributed by atoms with Crippen molar-refractivity contribution in [1.82, 2.24) is 5.32 Å². The summed E-state index contributed by atoms with van der Waals surface area (Å²) in [6, 6.07) is -0.200. The highest BCUT2D eigenvalue weighted by atomic mass is 16.5. The Balaban J connectivity index is 2.55. The molecule has 1 saturated heterocycles. The van der Waals surface area contributed by atoms with E-state index in [2.05, 4.69) is 33.0 Å². The highest BCUT2D eigenvalue weighted by Gasteiger charge is 2.44. The average molecular weight is 256 g/mol. The summed E-state index contributed by atoms with van der Waals surface area (Å²) in [6.07, 6.45) is 0. The number of nitrogens with two attached hydrogens (primary N) is 1. The van der Waals surface area contributed by atoms with E-state index in [-0.39, 0.29) is 11.9 Å². The topological polar surface area (TPSA) is 64.3 Å². The third-order valence-electron chi connectivity index (χ3n) is 4.25. The van der Waals surface area contributed by atoms with Crippen LogP contribution in [0, 0.1) is 23.2 Å². The Bertz CT molecular complexity index is 284. The Kier molecular flexibility index (Phi) is 5.17. The average Bonchev–Trinajstić information content (AvgIpc) is 2.59. The van der Waals surface area contributed by atoms with Crippen molar-refractivity contribution in [3.8, 4) is 0 Å². The predicted molar refractivity (Wildman–Crippen MR) is 73.1 cm³/mol. The molecule has 106 valence electrons. The zero-order valence-corrected chi connectivity index (χ0v) is 12.3. The van der Waals surface area contributed by atoms with Crippen LogP contribution in [0.2, 0.25) is 0 Å². The van der Waals surface area contributed by atoms with Gasteiger partial charge in [-0.05, 0) is 24.7 Å². The molecule has 0 radical (unpaired) electrons. The van der Waals surface area contributed by atoms with E-state index in [1.165, 1.54) is 0 Å². The third-order valence-corrected chi connectivity index (χ3v) is 4.25. The minimum absolute atomic E-state index is 0.0267. The summed E-state index contributed by atoms with van der Waals surface area (Å²) in [6.45, 7) is 12.3. The van der Waals surface area contributed by atoms with Crippen molar-refractivity contribution >= 4 is 5.91 Å². The van der Waals surface area contributed by atoms with Crippen molar-refractivity contribution in [3.05, 3.63) is 0 Å². The normalized spacial score (nSPS) is 28.4. The van der Waals surface area contributed by atoms with Gasteiger partial charge in [-0.25, -0.2) is 0 Å². The molecule has 0 saturated carbocycles. The number of carbonyl (C=O) groups excluding carboxylic acids is 1. The van der Waals surface area contributed by atoms with Gasteiger partial charge in [-0.2, -0.15) is 0 Å². The third kappa shape index (κ3) is 3.23. The summed E-state index contributed by atoms with van der Waals surface area (Å²) >= 11 is 0. The van der Waals surface area contributed by atoms with Crippen LogP contribution in [-0.2, 0) is 9.53 Å². The Morgan fingerprint density at radius 2 is 1.94 bits per heavy atom. The smallest absolute Gasteiger partial charge is 0.229 e. The van der Waals surface area contributed by atoms with Crippen molar-refractivity contribution in [3.63, 3.8) is 0 Å². The first kappa shape index (κ1) is 15.4. The molecule has 0 aliphatic carbocycles. The van der Waals surface area contributed by atoms with E-state index < -0.39 is 5.41 Å². The van der Waals surface area contributed by atoms with Crippen LogP contribution in [0.25, 0.3) is 0 Å². The van der Waals surface area contributed by atoms with Gasteiger partial charge in [0.05, 0.1) is 18.6 Å². The maximum atomic E-state index is 12.3. The number of amides is 1. The minimum atomic E-state index is -0.571. The van der Waals surface area contributed by atoms with Gasteiger partial charge < -0.3 is 15.8 Å². The zero-order chi connectivity index (χ0) is 13.9. The first-order valence-corrected chi connectivity index (χ1v) is 6.90. The molecular formula is C14H28N2O2. The fourth-order valence-corrected chi connectivity index (χ4v) is 2.58. The SMILES string of the molecule is CC(C)C(CNC(=O)C1(C)COCC1N)C(C)C. The summed E-state index contributed by atoms with van der Waals surface area (Å²) < 4.78 is 5.31. The monoisotopic (exact) mass is 256 g/mol. The Morgan fingerprint density at radius 3 is 2.33 bits per heavy atom. The van der Waals surface area contributed by atoms with Crippen molar-refractivity contribution in [2.75, 3.05) is 19.8 Å². The molecule has 0 aromatic rings. The molecule has 1 aliphatic heterocycles. The number of hydrogen-bond acceptors (Lipinski definition) is 3. The molecule has 1 rings (SSSR count). The van der Waals surface area contributed by atoms with Crippen LogP contribution in [0.5, 0.6) is 0 Å². The molecule has 1 aliphatic rings. The van der Waals surface area contributed by atoms with Gasteiger partial charge in [0.15, 0.2) is 0 Å². The van der Waals surface area contributed by atoms with Crippen molar-refractivity contribution in [2.45, 2.75) is 40.7 Å². The highest BCUT2D eigenvalue weighted by Crippen LogP contribution is 2.27. The molecule has 0 spiro atoms. The number of ether oxygens (including phenoxy) is 1. The molecule has 1 heterocycles. The van der Waals surface area contributed by atoms with E-state index in [4.69, 9.17) is 10.5 Å². The molecular weight excluding hydrogens is 228 g/mol. The van der Waals surface area contributed by atoms with Crippen LogP contribution in [0.15, 0.2) is 0 Å². The summed E-state index contributed by atoms with van der Waals surface area (Å²) in [4.78, 5) is 12.3. The zero-order valence-electron chi connectivity index (χ0n) is 12.3. The van der Waals surface area contributed by atoms with E-state index in [0.717, 1.165) is 6.54 Å². The summed E-state index contributed by atoms with van der Waals surface area (Å²) in [5, 5.41) is 3.06. The van der Waals surface area contributed by atoms with Gasteiger partial charge in [-0.1, -0.05) is 27.7 Å². The number of carbonyl (C=O) groups is 1. The number of nitrogens with one attached hydrogen (secondary N) is 1. The van der Waals surface area contributed by atoms with E-state index >= 15 is 0 Å². The van der Waals surface area contributed by atoms with Crippen LogP contribution in [0.1, 0.15) is 34.6 Å². The number of hydrogen-bond donors (Lipinski definition) is 2. The lowest BCUT2D eigenvalue weighted by Gasteiger charge is -2.29. The molecule has 1 amide bonds. The number of rotatable bonds is 5. The molecule has 4 nitrogen and oxygen atoms in total. The van der Waals surface area contributed by atoms with Gasteiger partial charge in [-0.3, -0.25) is 4.79 Å². The maximum Gasteiger partial charge on any atom is 0.229 e.